The normalized spacial score (nSPS) is 13.8. The molecular formula is C18H19N3O2S. The molecule has 0 aliphatic heterocycles. The van der Waals surface area contributed by atoms with Gasteiger partial charge < -0.3 is 10.6 Å². The van der Waals surface area contributed by atoms with Gasteiger partial charge in [-0.2, -0.15) is 0 Å². The third kappa shape index (κ3) is 5.03. The zero-order chi connectivity index (χ0) is 16.8. The van der Waals surface area contributed by atoms with Gasteiger partial charge in [-0.25, -0.2) is 4.98 Å². The first kappa shape index (κ1) is 16.4. The average molecular weight is 341 g/mol. The Balaban J connectivity index is 1.37. The number of hydrogen-bond acceptors (Lipinski definition) is 4. The fourth-order valence-electron chi connectivity index (χ4n) is 2.14. The lowest BCUT2D eigenvalue weighted by Gasteiger charge is -2.04. The number of aromatic nitrogens is 1. The van der Waals surface area contributed by atoms with Crippen LogP contribution >= 0.6 is 11.3 Å². The Labute approximate surface area is 144 Å². The molecule has 5 nitrogen and oxygen atoms in total. The Morgan fingerprint density at radius 3 is 2.75 bits per heavy atom. The molecule has 0 atom stereocenters. The molecule has 0 radical (unpaired) electrons. The summed E-state index contributed by atoms with van der Waals surface area (Å²) in [5.74, 6) is 0.117. The molecular weight excluding hydrogens is 322 g/mol. The highest BCUT2D eigenvalue weighted by molar-refractivity contribution is 7.09. The van der Waals surface area contributed by atoms with Crippen LogP contribution in [0.25, 0.3) is 6.08 Å². The first-order chi connectivity index (χ1) is 11.7. The van der Waals surface area contributed by atoms with Gasteiger partial charge in [0.1, 0.15) is 0 Å². The molecule has 1 aromatic heterocycles. The molecule has 24 heavy (non-hydrogen) atoms. The van der Waals surface area contributed by atoms with Gasteiger partial charge in [0.2, 0.25) is 11.8 Å². The summed E-state index contributed by atoms with van der Waals surface area (Å²) >= 11 is 1.65. The predicted molar refractivity (Wildman–Crippen MR) is 94.4 cm³/mol. The van der Waals surface area contributed by atoms with Crippen LogP contribution in [-0.2, 0) is 16.1 Å². The van der Waals surface area contributed by atoms with Crippen LogP contribution in [0.2, 0.25) is 0 Å². The molecule has 0 saturated heterocycles. The monoisotopic (exact) mass is 341 g/mol. The van der Waals surface area contributed by atoms with Gasteiger partial charge in [-0.05, 0) is 24.5 Å². The van der Waals surface area contributed by atoms with E-state index in [4.69, 9.17) is 0 Å². The Kier molecular flexibility index (Phi) is 5.38. The maximum Gasteiger partial charge on any atom is 0.244 e. The first-order valence-electron chi connectivity index (χ1n) is 7.92. The maximum atomic E-state index is 11.8. The van der Waals surface area contributed by atoms with Crippen LogP contribution in [0.5, 0.6) is 0 Å². The maximum absolute atomic E-state index is 11.8. The van der Waals surface area contributed by atoms with Gasteiger partial charge in [-0.15, -0.1) is 11.3 Å². The minimum Gasteiger partial charge on any atom is -0.349 e. The summed E-state index contributed by atoms with van der Waals surface area (Å²) in [7, 11) is 0. The number of carbonyl (C=O) groups excluding carboxylic acids is 2. The van der Waals surface area contributed by atoms with Crippen LogP contribution in [0.4, 0.5) is 0 Å². The number of nitrogens with one attached hydrogen (secondary N) is 2. The second-order valence-electron chi connectivity index (χ2n) is 5.69. The van der Waals surface area contributed by atoms with E-state index in [-0.39, 0.29) is 18.4 Å². The van der Waals surface area contributed by atoms with Crippen molar-refractivity contribution in [3.63, 3.8) is 0 Å². The fourth-order valence-corrected chi connectivity index (χ4v) is 3.13. The van der Waals surface area contributed by atoms with Crippen molar-refractivity contribution in [2.45, 2.75) is 25.3 Å². The number of benzene rings is 1. The van der Waals surface area contributed by atoms with E-state index in [1.807, 2.05) is 35.7 Å². The van der Waals surface area contributed by atoms with Crippen LogP contribution in [0, 0.1) is 0 Å². The molecule has 1 aliphatic rings. The van der Waals surface area contributed by atoms with Crippen molar-refractivity contribution in [2.24, 2.45) is 0 Å². The van der Waals surface area contributed by atoms with Crippen LogP contribution in [0.3, 0.4) is 0 Å². The van der Waals surface area contributed by atoms with E-state index in [2.05, 4.69) is 15.6 Å². The Hall–Kier alpha value is -2.47. The van der Waals surface area contributed by atoms with Crippen molar-refractivity contribution in [1.29, 1.82) is 0 Å². The largest absolute Gasteiger partial charge is 0.349 e. The van der Waals surface area contributed by atoms with Gasteiger partial charge in [0, 0.05) is 17.4 Å². The van der Waals surface area contributed by atoms with E-state index in [9.17, 15) is 9.59 Å². The highest BCUT2D eigenvalue weighted by Gasteiger charge is 2.26. The first-order valence-corrected chi connectivity index (χ1v) is 8.80. The Morgan fingerprint density at radius 1 is 1.21 bits per heavy atom. The van der Waals surface area contributed by atoms with E-state index in [0.717, 1.165) is 11.3 Å². The second-order valence-corrected chi connectivity index (χ2v) is 6.58. The highest BCUT2D eigenvalue weighted by Crippen LogP contribution is 2.41. The van der Waals surface area contributed by atoms with Gasteiger partial charge in [0.25, 0.3) is 0 Å². The minimum absolute atomic E-state index is 0.0441. The Bertz CT molecular complexity index is 736. The zero-order valence-electron chi connectivity index (χ0n) is 13.2. The van der Waals surface area contributed by atoms with E-state index in [0.29, 0.717) is 12.5 Å². The minimum atomic E-state index is -0.293. The Morgan fingerprint density at radius 2 is 2.00 bits per heavy atom. The van der Waals surface area contributed by atoms with Gasteiger partial charge in [0.15, 0.2) is 0 Å². The molecule has 124 valence electrons. The van der Waals surface area contributed by atoms with Crippen LogP contribution in [0.15, 0.2) is 41.8 Å². The molecule has 6 heteroatoms. The van der Waals surface area contributed by atoms with Crippen molar-refractivity contribution >= 4 is 29.2 Å². The van der Waals surface area contributed by atoms with E-state index in [1.165, 1.54) is 23.9 Å². The van der Waals surface area contributed by atoms with Crippen LogP contribution in [-0.4, -0.2) is 23.3 Å². The summed E-state index contributed by atoms with van der Waals surface area (Å²) in [4.78, 5) is 28.0. The molecule has 0 spiro atoms. The van der Waals surface area contributed by atoms with Crippen molar-refractivity contribution in [3.05, 3.63) is 58.1 Å². The molecule has 0 bridgehead atoms. The SMILES string of the molecule is O=C(/C=C\c1ccccc1)NCC(=O)NCc1csc(C2CC2)n1. The van der Waals surface area contributed by atoms with Gasteiger partial charge in [-0.3, -0.25) is 9.59 Å². The third-order valence-corrected chi connectivity index (χ3v) is 4.67. The number of rotatable bonds is 7. The molecule has 3 rings (SSSR count). The molecule has 1 saturated carbocycles. The third-order valence-electron chi connectivity index (χ3n) is 3.61. The molecule has 2 amide bonds. The molecule has 1 heterocycles. The summed E-state index contributed by atoms with van der Waals surface area (Å²) in [5.41, 5.74) is 1.82. The lowest BCUT2D eigenvalue weighted by molar-refractivity contribution is -0.124. The van der Waals surface area contributed by atoms with Gasteiger partial charge in [0.05, 0.1) is 23.8 Å². The van der Waals surface area contributed by atoms with E-state index >= 15 is 0 Å². The summed E-state index contributed by atoms with van der Waals surface area (Å²) < 4.78 is 0. The standard InChI is InChI=1S/C18H19N3O2S/c22-16(9-6-13-4-2-1-3-5-13)20-11-17(23)19-10-15-12-24-18(21-15)14-7-8-14/h1-6,9,12,14H,7-8,10-11H2,(H,19,23)(H,20,22)/b9-6-. The average Bonchev–Trinajstić information content (AvgIpc) is 3.35. The number of hydrogen-bond donors (Lipinski definition) is 2. The second kappa shape index (κ2) is 7.88. The summed E-state index contributed by atoms with van der Waals surface area (Å²) in [6, 6.07) is 9.52. The molecule has 1 fully saturated rings. The number of nitrogens with zero attached hydrogens (tertiary/aromatic N) is 1. The number of thiazole rings is 1. The lowest BCUT2D eigenvalue weighted by Crippen LogP contribution is -2.35. The molecule has 1 aromatic carbocycles. The lowest BCUT2D eigenvalue weighted by atomic mass is 10.2. The zero-order valence-corrected chi connectivity index (χ0v) is 14.0. The highest BCUT2D eigenvalue weighted by atomic mass is 32.1. The van der Waals surface area contributed by atoms with Crippen molar-refractivity contribution in [2.75, 3.05) is 6.54 Å². The molecule has 0 unspecified atom stereocenters. The van der Waals surface area contributed by atoms with Crippen LogP contribution in [0.1, 0.15) is 35.0 Å². The van der Waals surface area contributed by atoms with E-state index in [1.54, 1.807) is 17.4 Å². The molecule has 2 aromatic rings. The number of amides is 2. The summed E-state index contributed by atoms with van der Waals surface area (Å²) in [6.45, 7) is 0.357. The summed E-state index contributed by atoms with van der Waals surface area (Å²) in [5, 5.41) is 8.48. The summed E-state index contributed by atoms with van der Waals surface area (Å²) in [6.07, 6.45) is 5.58. The van der Waals surface area contributed by atoms with Crippen molar-refractivity contribution in [1.82, 2.24) is 15.6 Å². The molecule has 2 N–H and O–H groups in total. The quantitative estimate of drug-likeness (QED) is 0.760. The van der Waals surface area contributed by atoms with E-state index < -0.39 is 0 Å². The number of carbonyl (C=O) groups is 2. The van der Waals surface area contributed by atoms with Crippen molar-refractivity contribution in [3.8, 4) is 0 Å². The van der Waals surface area contributed by atoms with Crippen LogP contribution < -0.4 is 10.6 Å². The molecule has 1 aliphatic carbocycles. The van der Waals surface area contributed by atoms with Gasteiger partial charge in [-0.1, -0.05) is 30.3 Å². The topological polar surface area (TPSA) is 71.1 Å². The fraction of sp³-hybridized carbons (Fsp3) is 0.278. The van der Waals surface area contributed by atoms with Gasteiger partial charge >= 0.3 is 0 Å². The predicted octanol–water partition coefficient (Wildman–Crippen LogP) is 2.47. The smallest absolute Gasteiger partial charge is 0.244 e. The van der Waals surface area contributed by atoms with Crippen molar-refractivity contribution < 1.29 is 9.59 Å².